The lowest BCUT2D eigenvalue weighted by atomic mass is 9.98. The molecule has 0 amide bonds. The van der Waals surface area contributed by atoms with E-state index in [-0.39, 0.29) is 24.3 Å². The maximum Gasteiger partial charge on any atom is 0.310 e. The highest BCUT2D eigenvalue weighted by molar-refractivity contribution is 7.12. The molecule has 0 bridgehead atoms. The van der Waals surface area contributed by atoms with Gasteiger partial charge in [0.05, 0.1) is 17.4 Å². The van der Waals surface area contributed by atoms with E-state index in [0.717, 1.165) is 48.6 Å². The normalized spacial score (nSPS) is 17.3. The van der Waals surface area contributed by atoms with E-state index in [1.54, 1.807) is 11.3 Å². The molecule has 1 aliphatic heterocycles. The second-order valence-electron chi connectivity index (χ2n) is 7.41. The topological polar surface area (TPSA) is 51.1 Å². The minimum absolute atomic E-state index is 0. The molecule has 2 heterocycles. The van der Waals surface area contributed by atoms with Crippen LogP contribution in [0.2, 0.25) is 0 Å². The third-order valence-corrected chi connectivity index (χ3v) is 6.28. The van der Waals surface area contributed by atoms with E-state index in [1.807, 2.05) is 19.1 Å². The van der Waals surface area contributed by atoms with E-state index in [4.69, 9.17) is 9.57 Å². The van der Waals surface area contributed by atoms with Crippen LogP contribution in [0.5, 0.6) is 0 Å². The van der Waals surface area contributed by atoms with Gasteiger partial charge in [-0.15, -0.1) is 23.7 Å². The first-order valence-electron chi connectivity index (χ1n) is 10.3. The summed E-state index contributed by atoms with van der Waals surface area (Å²) in [5, 5.41) is 6.62. The van der Waals surface area contributed by atoms with Gasteiger partial charge in [0.15, 0.2) is 0 Å². The van der Waals surface area contributed by atoms with Crippen LogP contribution >= 0.6 is 23.7 Å². The van der Waals surface area contributed by atoms with Crippen molar-refractivity contribution >= 4 is 35.4 Å². The first-order chi connectivity index (χ1) is 14.1. The summed E-state index contributed by atoms with van der Waals surface area (Å²) in [4.78, 5) is 21.2. The van der Waals surface area contributed by atoms with Crippen molar-refractivity contribution in [1.82, 2.24) is 4.90 Å². The number of carbonyl (C=O) groups is 1. The number of halogens is 1. The lowest BCUT2D eigenvalue weighted by molar-refractivity contribution is -0.150. The maximum atomic E-state index is 12.0. The Morgan fingerprint density at radius 1 is 1.23 bits per heavy atom. The van der Waals surface area contributed by atoms with E-state index in [9.17, 15) is 4.79 Å². The van der Waals surface area contributed by atoms with Crippen LogP contribution in [-0.2, 0) is 14.4 Å². The SMILES string of the molecule is CCOC(=O)[C@H]1CCCN(CCO/N=C(\c2ccccc2C)c2sccc2C)C1.Cl. The van der Waals surface area contributed by atoms with Crippen LogP contribution in [0, 0.1) is 19.8 Å². The second kappa shape index (κ2) is 12.1. The smallest absolute Gasteiger partial charge is 0.310 e. The molecule has 0 N–H and O–H groups in total. The van der Waals surface area contributed by atoms with E-state index in [1.165, 1.54) is 11.1 Å². The number of esters is 1. The summed E-state index contributed by atoms with van der Waals surface area (Å²) in [6.07, 6.45) is 1.92. The molecule has 164 valence electrons. The summed E-state index contributed by atoms with van der Waals surface area (Å²) in [6, 6.07) is 10.4. The fourth-order valence-electron chi connectivity index (χ4n) is 3.66. The molecule has 0 saturated carbocycles. The summed E-state index contributed by atoms with van der Waals surface area (Å²) in [7, 11) is 0. The van der Waals surface area contributed by atoms with Gasteiger partial charge >= 0.3 is 5.97 Å². The zero-order valence-corrected chi connectivity index (χ0v) is 19.6. The Balaban J connectivity index is 0.00000320. The predicted octanol–water partition coefficient (Wildman–Crippen LogP) is 4.83. The highest BCUT2D eigenvalue weighted by Gasteiger charge is 2.26. The van der Waals surface area contributed by atoms with Crippen molar-refractivity contribution in [2.24, 2.45) is 11.1 Å². The summed E-state index contributed by atoms with van der Waals surface area (Å²) >= 11 is 1.68. The van der Waals surface area contributed by atoms with Crippen LogP contribution in [0.3, 0.4) is 0 Å². The van der Waals surface area contributed by atoms with Gasteiger partial charge in [0.1, 0.15) is 12.3 Å². The first kappa shape index (κ1) is 24.4. The number of hydrogen-bond donors (Lipinski definition) is 0. The molecule has 1 aliphatic rings. The van der Waals surface area contributed by atoms with Crippen molar-refractivity contribution < 1.29 is 14.4 Å². The van der Waals surface area contributed by atoms with Crippen molar-refractivity contribution in [3.63, 3.8) is 0 Å². The average Bonchev–Trinajstić information content (AvgIpc) is 3.15. The maximum absolute atomic E-state index is 12.0. The number of nitrogens with zero attached hydrogens (tertiary/aromatic N) is 2. The van der Waals surface area contributed by atoms with Crippen LogP contribution in [0.15, 0.2) is 40.9 Å². The summed E-state index contributed by atoms with van der Waals surface area (Å²) in [5.74, 6) is -0.102. The van der Waals surface area contributed by atoms with Gasteiger partial charge in [0.25, 0.3) is 0 Å². The lowest BCUT2D eigenvalue weighted by Crippen LogP contribution is -2.40. The molecule has 1 aromatic carbocycles. The number of carbonyl (C=O) groups excluding carboxylic acids is 1. The minimum atomic E-state index is -0.0776. The Morgan fingerprint density at radius 2 is 2.03 bits per heavy atom. The van der Waals surface area contributed by atoms with Crippen molar-refractivity contribution in [2.75, 3.05) is 32.8 Å². The number of likely N-dealkylation sites (tertiary alicyclic amines) is 1. The fourth-order valence-corrected chi connectivity index (χ4v) is 4.58. The molecular weight excluding hydrogens is 420 g/mol. The number of aryl methyl sites for hydroxylation is 2. The Bertz CT molecular complexity index is 852. The highest BCUT2D eigenvalue weighted by atomic mass is 35.5. The molecule has 1 saturated heterocycles. The largest absolute Gasteiger partial charge is 0.466 e. The van der Waals surface area contributed by atoms with Crippen LogP contribution in [0.4, 0.5) is 0 Å². The number of rotatable bonds is 8. The van der Waals surface area contributed by atoms with Crippen molar-refractivity contribution in [3.05, 3.63) is 57.3 Å². The molecule has 0 unspecified atom stereocenters. The van der Waals surface area contributed by atoms with Gasteiger partial charge in [-0.25, -0.2) is 0 Å². The summed E-state index contributed by atoms with van der Waals surface area (Å²) in [6.45, 7) is 9.46. The van der Waals surface area contributed by atoms with Gasteiger partial charge < -0.3 is 9.57 Å². The quantitative estimate of drug-likeness (QED) is 0.250. The molecule has 3 rings (SSSR count). The van der Waals surface area contributed by atoms with Gasteiger partial charge in [-0.3, -0.25) is 9.69 Å². The third kappa shape index (κ3) is 6.30. The van der Waals surface area contributed by atoms with Crippen LogP contribution < -0.4 is 0 Å². The number of hydrogen-bond acceptors (Lipinski definition) is 6. The van der Waals surface area contributed by atoms with Crippen LogP contribution in [0.1, 0.15) is 41.3 Å². The zero-order valence-electron chi connectivity index (χ0n) is 17.9. The Hall–Kier alpha value is -1.89. The number of piperidine rings is 1. The summed E-state index contributed by atoms with van der Waals surface area (Å²) in [5.41, 5.74) is 4.36. The Labute approximate surface area is 189 Å². The molecule has 0 aliphatic carbocycles. The standard InChI is InChI=1S/C23H30N2O3S.ClH/c1-4-27-23(26)19-9-7-12-25(16-19)13-14-28-24-21(22-18(3)11-15-29-22)20-10-6-5-8-17(20)2;/h5-6,8,10-11,15,19H,4,7,9,12-14,16H2,1-3H3;1H/b24-21+;/t19-;/m0./s1. The molecule has 7 heteroatoms. The fraction of sp³-hybridized carbons (Fsp3) is 0.478. The van der Waals surface area contributed by atoms with Crippen molar-refractivity contribution in [1.29, 1.82) is 0 Å². The van der Waals surface area contributed by atoms with Gasteiger partial charge in [-0.1, -0.05) is 29.4 Å². The highest BCUT2D eigenvalue weighted by Crippen LogP contribution is 2.23. The van der Waals surface area contributed by atoms with Crippen molar-refractivity contribution in [3.8, 4) is 0 Å². The van der Waals surface area contributed by atoms with Crippen LogP contribution in [0.25, 0.3) is 0 Å². The molecule has 0 spiro atoms. The monoisotopic (exact) mass is 450 g/mol. The molecule has 1 atom stereocenters. The average molecular weight is 451 g/mol. The lowest BCUT2D eigenvalue weighted by Gasteiger charge is -2.30. The predicted molar refractivity (Wildman–Crippen MR) is 125 cm³/mol. The number of thiophene rings is 1. The number of oxime groups is 1. The Morgan fingerprint density at radius 3 is 2.73 bits per heavy atom. The van der Waals surface area contributed by atoms with Gasteiger partial charge in [0.2, 0.25) is 0 Å². The molecule has 5 nitrogen and oxygen atoms in total. The Kier molecular flexibility index (Phi) is 9.82. The minimum Gasteiger partial charge on any atom is -0.466 e. The van der Waals surface area contributed by atoms with E-state index in [2.05, 4.69) is 47.5 Å². The molecule has 0 radical (unpaired) electrons. The molecule has 1 aromatic heterocycles. The molecule has 30 heavy (non-hydrogen) atoms. The summed E-state index contributed by atoms with van der Waals surface area (Å²) < 4.78 is 5.18. The zero-order chi connectivity index (χ0) is 20.6. The number of benzene rings is 1. The van der Waals surface area contributed by atoms with Crippen molar-refractivity contribution in [2.45, 2.75) is 33.6 Å². The van der Waals surface area contributed by atoms with Gasteiger partial charge in [-0.2, -0.15) is 0 Å². The van der Waals surface area contributed by atoms with Gasteiger partial charge in [0, 0.05) is 18.7 Å². The van der Waals surface area contributed by atoms with E-state index >= 15 is 0 Å². The third-order valence-electron chi connectivity index (χ3n) is 5.26. The van der Waals surface area contributed by atoms with E-state index in [0.29, 0.717) is 13.2 Å². The first-order valence-corrected chi connectivity index (χ1v) is 11.2. The van der Waals surface area contributed by atoms with Crippen LogP contribution in [-0.4, -0.2) is 49.4 Å². The number of ether oxygens (including phenoxy) is 1. The molecule has 2 aromatic rings. The molecule has 1 fully saturated rings. The second-order valence-corrected chi connectivity index (χ2v) is 8.33. The van der Waals surface area contributed by atoms with Gasteiger partial charge in [-0.05, 0) is 62.7 Å². The van der Waals surface area contributed by atoms with E-state index < -0.39 is 0 Å². The molecular formula is C23H31ClN2O3S.